The van der Waals surface area contributed by atoms with Gasteiger partial charge in [-0.15, -0.1) is 0 Å². The fourth-order valence-corrected chi connectivity index (χ4v) is 1.94. The highest BCUT2D eigenvalue weighted by Gasteiger charge is 2.15. The number of imidazole rings is 1. The molecule has 1 N–H and O–H groups in total. The number of halogens is 1. The zero-order valence-electron chi connectivity index (χ0n) is 10.9. The molecular formula is C13H10ClN5O2. The standard InChI is InChI=1S/C13H10ClN5O2/c1-19-7-15-9-10(19)17-12(14)18-11(9)21-13(20)16-8-5-3-2-4-6-8/h2-7H,1H3,(H,16,20). The molecule has 0 bridgehead atoms. The molecular weight excluding hydrogens is 294 g/mol. The van der Waals surface area contributed by atoms with Gasteiger partial charge >= 0.3 is 6.09 Å². The fourth-order valence-electron chi connectivity index (χ4n) is 1.78. The van der Waals surface area contributed by atoms with Gasteiger partial charge in [-0.3, -0.25) is 5.32 Å². The molecule has 1 amide bonds. The molecule has 106 valence electrons. The molecule has 0 saturated carbocycles. The second kappa shape index (κ2) is 5.37. The van der Waals surface area contributed by atoms with Gasteiger partial charge in [-0.2, -0.15) is 9.97 Å². The van der Waals surface area contributed by atoms with Crippen LogP contribution in [0.1, 0.15) is 0 Å². The summed E-state index contributed by atoms with van der Waals surface area (Å²) in [5.41, 5.74) is 1.46. The number of benzene rings is 1. The second-order valence-corrected chi connectivity index (χ2v) is 4.54. The van der Waals surface area contributed by atoms with Crippen LogP contribution in [0.5, 0.6) is 5.88 Å². The van der Waals surface area contributed by atoms with E-state index >= 15 is 0 Å². The van der Waals surface area contributed by atoms with Crippen LogP contribution in [0.25, 0.3) is 11.2 Å². The Balaban J connectivity index is 1.86. The second-order valence-electron chi connectivity index (χ2n) is 4.21. The number of fused-ring (bicyclic) bond motifs is 1. The minimum Gasteiger partial charge on any atom is -0.388 e. The maximum absolute atomic E-state index is 11.9. The van der Waals surface area contributed by atoms with Crippen molar-refractivity contribution in [3.63, 3.8) is 0 Å². The van der Waals surface area contributed by atoms with E-state index < -0.39 is 6.09 Å². The van der Waals surface area contributed by atoms with Crippen LogP contribution < -0.4 is 10.1 Å². The number of amides is 1. The molecule has 3 aromatic rings. The Morgan fingerprint density at radius 2 is 2.05 bits per heavy atom. The van der Waals surface area contributed by atoms with Crippen molar-refractivity contribution >= 4 is 34.5 Å². The van der Waals surface area contributed by atoms with Crippen LogP contribution in [0.15, 0.2) is 36.7 Å². The number of nitrogens with zero attached hydrogens (tertiary/aromatic N) is 4. The van der Waals surface area contributed by atoms with Crippen LogP contribution in [0.2, 0.25) is 5.28 Å². The number of para-hydroxylation sites is 1. The Morgan fingerprint density at radius 3 is 2.81 bits per heavy atom. The number of hydrogen-bond donors (Lipinski definition) is 1. The molecule has 1 aromatic carbocycles. The van der Waals surface area contributed by atoms with Crippen molar-refractivity contribution in [2.24, 2.45) is 7.05 Å². The first-order valence-electron chi connectivity index (χ1n) is 6.02. The molecule has 0 atom stereocenters. The van der Waals surface area contributed by atoms with Gasteiger partial charge < -0.3 is 9.30 Å². The van der Waals surface area contributed by atoms with Crippen LogP contribution in [-0.2, 0) is 7.05 Å². The largest absolute Gasteiger partial charge is 0.418 e. The zero-order chi connectivity index (χ0) is 14.8. The van der Waals surface area contributed by atoms with E-state index in [0.717, 1.165) is 0 Å². The van der Waals surface area contributed by atoms with E-state index in [4.69, 9.17) is 16.3 Å². The lowest BCUT2D eigenvalue weighted by Gasteiger charge is -2.06. The van der Waals surface area contributed by atoms with E-state index in [1.165, 1.54) is 6.33 Å². The van der Waals surface area contributed by atoms with Gasteiger partial charge in [-0.25, -0.2) is 9.78 Å². The van der Waals surface area contributed by atoms with Gasteiger partial charge in [0.2, 0.25) is 5.28 Å². The lowest BCUT2D eigenvalue weighted by molar-refractivity contribution is 0.214. The monoisotopic (exact) mass is 303 g/mol. The molecule has 0 aliphatic carbocycles. The lowest BCUT2D eigenvalue weighted by atomic mass is 10.3. The summed E-state index contributed by atoms with van der Waals surface area (Å²) < 4.78 is 6.82. The molecule has 0 aliphatic rings. The molecule has 3 rings (SSSR count). The number of rotatable bonds is 2. The van der Waals surface area contributed by atoms with E-state index in [-0.39, 0.29) is 11.2 Å². The molecule has 0 saturated heterocycles. The molecule has 8 heteroatoms. The van der Waals surface area contributed by atoms with Crippen LogP contribution >= 0.6 is 11.6 Å². The van der Waals surface area contributed by atoms with Crippen molar-refractivity contribution in [1.82, 2.24) is 19.5 Å². The molecule has 7 nitrogen and oxygen atoms in total. The third-order valence-corrected chi connectivity index (χ3v) is 2.88. The zero-order valence-corrected chi connectivity index (χ0v) is 11.7. The summed E-state index contributed by atoms with van der Waals surface area (Å²) in [4.78, 5) is 23.9. The van der Waals surface area contributed by atoms with Crippen LogP contribution in [-0.4, -0.2) is 25.6 Å². The molecule has 0 fully saturated rings. The number of anilines is 1. The van der Waals surface area contributed by atoms with Crippen molar-refractivity contribution in [2.75, 3.05) is 5.32 Å². The molecule has 2 aromatic heterocycles. The Labute approximate surface area is 124 Å². The van der Waals surface area contributed by atoms with Crippen molar-refractivity contribution in [1.29, 1.82) is 0 Å². The van der Waals surface area contributed by atoms with Gasteiger partial charge in [0.05, 0.1) is 6.33 Å². The summed E-state index contributed by atoms with van der Waals surface area (Å²) >= 11 is 5.82. The van der Waals surface area contributed by atoms with E-state index in [0.29, 0.717) is 16.9 Å². The maximum atomic E-state index is 11.9. The van der Waals surface area contributed by atoms with Crippen LogP contribution in [0.3, 0.4) is 0 Å². The topological polar surface area (TPSA) is 81.9 Å². The minimum absolute atomic E-state index is 0.0130. The van der Waals surface area contributed by atoms with E-state index in [1.807, 2.05) is 6.07 Å². The summed E-state index contributed by atoms with van der Waals surface area (Å²) in [5.74, 6) is 0.0130. The van der Waals surface area contributed by atoms with Gasteiger partial charge in [0.15, 0.2) is 11.2 Å². The van der Waals surface area contributed by atoms with Gasteiger partial charge in [-0.05, 0) is 23.7 Å². The Kier molecular flexibility index (Phi) is 3.41. The van der Waals surface area contributed by atoms with E-state index in [9.17, 15) is 4.79 Å². The Bertz CT molecular complexity index is 803. The fraction of sp³-hybridized carbons (Fsp3) is 0.0769. The summed E-state index contributed by atoms with van der Waals surface area (Å²) in [6, 6.07) is 8.93. The quantitative estimate of drug-likeness (QED) is 0.736. The number of aromatic nitrogens is 4. The summed E-state index contributed by atoms with van der Waals surface area (Å²) in [6.45, 7) is 0. The van der Waals surface area contributed by atoms with Crippen molar-refractivity contribution in [3.05, 3.63) is 41.9 Å². The van der Waals surface area contributed by atoms with E-state index in [2.05, 4.69) is 20.3 Å². The smallest absolute Gasteiger partial charge is 0.388 e. The number of nitrogens with one attached hydrogen (secondary N) is 1. The average molecular weight is 304 g/mol. The molecule has 0 unspecified atom stereocenters. The summed E-state index contributed by atoms with van der Waals surface area (Å²) in [7, 11) is 1.76. The van der Waals surface area contributed by atoms with Crippen molar-refractivity contribution in [2.45, 2.75) is 0 Å². The molecule has 21 heavy (non-hydrogen) atoms. The first kappa shape index (κ1) is 13.3. The summed E-state index contributed by atoms with van der Waals surface area (Å²) in [6.07, 6.45) is 0.861. The third kappa shape index (κ3) is 2.77. The van der Waals surface area contributed by atoms with Gasteiger partial charge in [0, 0.05) is 12.7 Å². The minimum atomic E-state index is -0.678. The van der Waals surface area contributed by atoms with Gasteiger partial charge in [-0.1, -0.05) is 18.2 Å². The molecule has 0 aliphatic heterocycles. The normalized spacial score (nSPS) is 10.6. The highest BCUT2D eigenvalue weighted by atomic mass is 35.5. The molecule has 0 radical (unpaired) electrons. The maximum Gasteiger partial charge on any atom is 0.418 e. The number of ether oxygens (including phenoxy) is 1. The van der Waals surface area contributed by atoms with Crippen LogP contribution in [0.4, 0.5) is 10.5 Å². The highest BCUT2D eigenvalue weighted by molar-refractivity contribution is 6.28. The number of hydrogen-bond acceptors (Lipinski definition) is 5. The SMILES string of the molecule is Cn1cnc2c(OC(=O)Nc3ccccc3)nc(Cl)nc21. The van der Waals surface area contributed by atoms with Crippen molar-refractivity contribution < 1.29 is 9.53 Å². The molecule has 2 heterocycles. The van der Waals surface area contributed by atoms with E-state index in [1.54, 1.807) is 35.9 Å². The lowest BCUT2D eigenvalue weighted by Crippen LogP contribution is -2.17. The first-order chi connectivity index (χ1) is 10.1. The number of carbonyl (C=O) groups is 1. The highest BCUT2D eigenvalue weighted by Crippen LogP contribution is 2.22. The summed E-state index contributed by atoms with van der Waals surface area (Å²) in [5, 5.41) is 2.56. The third-order valence-electron chi connectivity index (χ3n) is 2.71. The number of carbonyl (C=O) groups excluding carboxylic acids is 1. The number of aryl methyl sites for hydroxylation is 1. The van der Waals surface area contributed by atoms with Crippen molar-refractivity contribution in [3.8, 4) is 5.88 Å². The Hall–Kier alpha value is -2.67. The average Bonchev–Trinajstić information content (AvgIpc) is 2.81. The van der Waals surface area contributed by atoms with Crippen LogP contribution in [0, 0.1) is 0 Å². The predicted octanol–water partition coefficient (Wildman–Crippen LogP) is 2.63. The van der Waals surface area contributed by atoms with Gasteiger partial charge in [0.25, 0.3) is 5.88 Å². The van der Waals surface area contributed by atoms with Gasteiger partial charge in [0.1, 0.15) is 0 Å². The Morgan fingerprint density at radius 1 is 1.29 bits per heavy atom. The molecule has 0 spiro atoms. The predicted molar refractivity (Wildman–Crippen MR) is 77.4 cm³/mol. The first-order valence-corrected chi connectivity index (χ1v) is 6.40.